The zero-order valence-corrected chi connectivity index (χ0v) is 22.4. The molecule has 0 unspecified atom stereocenters. The summed E-state index contributed by atoms with van der Waals surface area (Å²) in [6.45, 7) is 4.31. The summed E-state index contributed by atoms with van der Waals surface area (Å²) in [5.41, 5.74) is 0. The van der Waals surface area contributed by atoms with E-state index in [1.807, 2.05) is 60.7 Å². The Bertz CT molecular complexity index is 996. The summed E-state index contributed by atoms with van der Waals surface area (Å²) >= 11 is 0. The second kappa shape index (κ2) is 19.5. The summed E-state index contributed by atoms with van der Waals surface area (Å²) in [5, 5.41) is 5.32. The van der Waals surface area contributed by atoms with Crippen LogP contribution in [0.1, 0.15) is 0 Å². The molecular weight excluding hydrogens is 460 g/mol. The third kappa shape index (κ3) is 12.3. The number of fused-ring (bicyclic) bond motifs is 2. The van der Waals surface area contributed by atoms with Crippen molar-refractivity contribution in [1.82, 2.24) is 0 Å². The molecule has 2 radical (unpaired) electrons. The molecule has 6 rings (SSSR count). The zero-order chi connectivity index (χ0) is 23.4. The smallest absolute Gasteiger partial charge is 0.184 e. The van der Waals surface area contributed by atoms with Crippen LogP contribution >= 0.6 is 0 Å². The predicted molar refractivity (Wildman–Crippen MR) is 147 cm³/mol. The largest absolute Gasteiger partial charge is 4.00 e. The molecule has 0 saturated heterocycles. The van der Waals surface area contributed by atoms with Gasteiger partial charge in [0.25, 0.3) is 0 Å². The van der Waals surface area contributed by atoms with Gasteiger partial charge in [-0.2, -0.15) is 108 Å². The fourth-order valence-corrected chi connectivity index (χ4v) is 2.82. The molecule has 0 saturated carbocycles. The maximum atomic E-state index is 2.89. The van der Waals surface area contributed by atoms with E-state index in [4.69, 9.17) is 0 Å². The Morgan fingerprint density at radius 2 is 0.853 bits per heavy atom. The molecule has 0 atom stereocenters. The second-order valence-electron chi connectivity index (χ2n) is 6.96. The van der Waals surface area contributed by atoms with Crippen LogP contribution in [0.3, 0.4) is 0 Å². The van der Waals surface area contributed by atoms with Gasteiger partial charge in [-0.25, -0.2) is 0 Å². The van der Waals surface area contributed by atoms with Gasteiger partial charge in [-0.3, -0.25) is 0 Å². The van der Waals surface area contributed by atoms with Crippen LogP contribution in [0.4, 0.5) is 0 Å². The molecule has 2 heteroatoms. The molecule has 0 aliphatic heterocycles. The normalized spacial score (nSPS) is 8.76. The molecule has 0 amide bonds. The molecule has 166 valence electrons. The van der Waals surface area contributed by atoms with Crippen LogP contribution in [0.25, 0.3) is 21.5 Å². The number of rotatable bonds is 0. The molecule has 6 aromatic carbocycles. The van der Waals surface area contributed by atoms with E-state index in [2.05, 4.69) is 110 Å². The van der Waals surface area contributed by atoms with Crippen molar-refractivity contribution in [3.8, 4) is 0 Å². The summed E-state index contributed by atoms with van der Waals surface area (Å²) in [4.78, 5) is 0. The Morgan fingerprint density at radius 1 is 0.500 bits per heavy atom. The summed E-state index contributed by atoms with van der Waals surface area (Å²) in [6.07, 6.45) is 0. The van der Waals surface area contributed by atoms with Crippen LogP contribution < -0.4 is 0 Å². The average Bonchev–Trinajstić information content (AvgIpc) is 3.57. The minimum Gasteiger partial charge on any atom is -0.184 e. The summed E-state index contributed by atoms with van der Waals surface area (Å²) in [5.74, 6) is 0. The van der Waals surface area contributed by atoms with Gasteiger partial charge >= 0.3 is 21.7 Å². The first-order chi connectivity index (χ1) is 16.3. The van der Waals surface area contributed by atoms with Gasteiger partial charge in [0.05, 0.1) is 0 Å². The van der Waals surface area contributed by atoms with Crippen molar-refractivity contribution < 1.29 is 21.7 Å². The topological polar surface area (TPSA) is 0 Å². The Hall–Kier alpha value is -2.97. The molecule has 34 heavy (non-hydrogen) atoms. The van der Waals surface area contributed by atoms with E-state index in [0.717, 1.165) is 9.52 Å². The first-order valence-corrected chi connectivity index (χ1v) is 13.0. The number of benzene rings is 4. The maximum Gasteiger partial charge on any atom is 4.00 e. The van der Waals surface area contributed by atoms with E-state index < -0.39 is 0 Å². The van der Waals surface area contributed by atoms with Gasteiger partial charge in [0.2, 0.25) is 0 Å². The van der Waals surface area contributed by atoms with Crippen molar-refractivity contribution in [2.24, 2.45) is 0 Å². The second-order valence-corrected chi connectivity index (χ2v) is 7.96. The Kier molecular flexibility index (Phi) is 16.7. The first kappa shape index (κ1) is 29.1. The first-order valence-electron chi connectivity index (χ1n) is 11.0. The van der Waals surface area contributed by atoms with Gasteiger partial charge < -0.3 is 0 Å². The molecule has 0 heterocycles. The number of hydrogen-bond acceptors (Lipinski definition) is 0. The van der Waals surface area contributed by atoms with Crippen LogP contribution in [0.2, 0.25) is 13.1 Å². The van der Waals surface area contributed by atoms with Crippen molar-refractivity contribution in [2.75, 3.05) is 0 Å². The van der Waals surface area contributed by atoms with E-state index in [9.17, 15) is 0 Å². The molecule has 6 aromatic rings. The quantitative estimate of drug-likeness (QED) is 0.147. The SMILES string of the molecule is C[Si]C.[Ti+4].[c-]1ccccc1.[c-]1ccccc1.c1ccc2[cH-]ccc2c1.c1ccc2[cH-]ccc2c1. The van der Waals surface area contributed by atoms with Gasteiger partial charge in [-0.1, -0.05) is 25.2 Å². The van der Waals surface area contributed by atoms with E-state index in [1.54, 1.807) is 0 Å². The van der Waals surface area contributed by atoms with Gasteiger partial charge in [0.1, 0.15) is 0 Å². The van der Waals surface area contributed by atoms with Crippen molar-refractivity contribution in [3.05, 3.63) is 158 Å². The zero-order valence-electron chi connectivity index (χ0n) is 19.9. The van der Waals surface area contributed by atoms with Gasteiger partial charge in [-0.15, -0.1) is 59.3 Å². The van der Waals surface area contributed by atoms with E-state index in [1.165, 1.54) is 21.5 Å². The Balaban J connectivity index is 0.000000220. The molecule has 0 spiro atoms. The van der Waals surface area contributed by atoms with Gasteiger partial charge in [-0.05, 0) is 0 Å². The molecule has 0 aliphatic rings. The van der Waals surface area contributed by atoms with E-state index in [-0.39, 0.29) is 21.7 Å². The molecule has 0 nitrogen and oxygen atoms in total. The van der Waals surface area contributed by atoms with Crippen LogP contribution in [-0.4, -0.2) is 9.52 Å². The Labute approximate surface area is 222 Å². The predicted octanol–water partition coefficient (Wildman–Crippen LogP) is 8.88. The average molecular weight is 491 g/mol. The van der Waals surface area contributed by atoms with Crippen LogP contribution in [0.15, 0.2) is 146 Å². The monoisotopic (exact) mass is 490 g/mol. The van der Waals surface area contributed by atoms with Crippen molar-refractivity contribution in [1.29, 1.82) is 0 Å². The minimum absolute atomic E-state index is 0. The Morgan fingerprint density at radius 3 is 1.12 bits per heavy atom. The van der Waals surface area contributed by atoms with Gasteiger partial charge in [0.15, 0.2) is 0 Å². The van der Waals surface area contributed by atoms with Crippen LogP contribution in [-0.2, 0) is 21.7 Å². The molecule has 0 N–H and O–H groups in total. The molecule has 0 aliphatic carbocycles. The molecule has 0 aromatic heterocycles. The molecule has 0 bridgehead atoms. The number of hydrogen-bond donors (Lipinski definition) is 0. The van der Waals surface area contributed by atoms with Crippen LogP contribution in [0.5, 0.6) is 0 Å². The van der Waals surface area contributed by atoms with Crippen LogP contribution in [0, 0.1) is 12.1 Å². The minimum atomic E-state index is 0. The fourth-order valence-electron chi connectivity index (χ4n) is 2.82. The summed E-state index contributed by atoms with van der Waals surface area (Å²) < 4.78 is 0. The van der Waals surface area contributed by atoms with E-state index in [0.29, 0.717) is 0 Å². The van der Waals surface area contributed by atoms with Gasteiger partial charge in [0, 0.05) is 9.52 Å². The molecular formula is C32H30SiTi. The summed E-state index contributed by atoms with van der Waals surface area (Å²) in [6, 6.07) is 54.3. The fraction of sp³-hybridized carbons (Fsp3) is 0.0625. The third-order valence-electron chi connectivity index (χ3n) is 4.31. The van der Waals surface area contributed by atoms with Crippen molar-refractivity contribution >= 4 is 31.1 Å². The van der Waals surface area contributed by atoms with Crippen molar-refractivity contribution in [3.63, 3.8) is 0 Å². The molecule has 0 fully saturated rings. The van der Waals surface area contributed by atoms with E-state index >= 15 is 0 Å². The summed E-state index contributed by atoms with van der Waals surface area (Å²) in [7, 11) is 1.08. The van der Waals surface area contributed by atoms with Crippen molar-refractivity contribution in [2.45, 2.75) is 13.1 Å². The maximum absolute atomic E-state index is 2.89. The third-order valence-corrected chi connectivity index (χ3v) is 4.31. The standard InChI is InChI=1S/2C9H7.2C6H5.C2H6Si.Ti/c2*1-2-5-9-7-3-6-8(9)4-1;2*1-2-4-6-5-3-1;1-3-2;/h2*1-7H;2*1-5H;1-2H3;/q4*-1;;+4.